The van der Waals surface area contributed by atoms with Gasteiger partial charge in [0.15, 0.2) is 0 Å². The van der Waals surface area contributed by atoms with Crippen LogP contribution in [0, 0.1) is 0 Å². The third-order valence-corrected chi connectivity index (χ3v) is 5.39. The number of rotatable bonds is 4. The Kier molecular flexibility index (Phi) is 5.53. The predicted octanol–water partition coefficient (Wildman–Crippen LogP) is -0.127. The molecule has 3 heterocycles. The Morgan fingerprint density at radius 3 is 2.54 bits per heavy atom. The van der Waals surface area contributed by atoms with Crippen molar-refractivity contribution in [3.8, 4) is 0 Å². The molecular formula is C17H30N6O. The van der Waals surface area contributed by atoms with Crippen LogP contribution in [-0.4, -0.2) is 102 Å². The zero-order chi connectivity index (χ0) is 17.1. The second-order valence-corrected chi connectivity index (χ2v) is 7.13. The first-order chi connectivity index (χ1) is 11.5. The Bertz CT molecular complexity index is 551. The minimum atomic E-state index is 0.301. The van der Waals surface area contributed by atoms with Crippen LogP contribution in [0.4, 0.5) is 0 Å². The summed E-state index contributed by atoms with van der Waals surface area (Å²) in [6.45, 7) is 7.54. The topological polar surface area (TPSA) is 47.9 Å². The van der Waals surface area contributed by atoms with Crippen LogP contribution in [0.3, 0.4) is 0 Å². The number of imidazole rings is 1. The van der Waals surface area contributed by atoms with E-state index >= 15 is 0 Å². The molecule has 0 N–H and O–H groups in total. The number of likely N-dealkylation sites (N-methyl/N-ethyl adjacent to an activating group) is 2. The Balaban J connectivity index is 1.50. The molecule has 1 unspecified atom stereocenters. The normalized spacial score (nSPS) is 24.5. The van der Waals surface area contributed by atoms with Crippen LogP contribution in [0.15, 0.2) is 12.4 Å². The molecule has 0 radical (unpaired) electrons. The molecule has 3 rings (SSSR count). The van der Waals surface area contributed by atoms with Crippen molar-refractivity contribution < 1.29 is 4.79 Å². The van der Waals surface area contributed by atoms with E-state index in [0.29, 0.717) is 18.4 Å². The fourth-order valence-electron chi connectivity index (χ4n) is 3.58. The number of carbonyl (C=O) groups is 1. The van der Waals surface area contributed by atoms with E-state index in [2.05, 4.69) is 38.3 Å². The summed E-state index contributed by atoms with van der Waals surface area (Å²) in [7, 11) is 6.32. The molecule has 0 spiro atoms. The van der Waals surface area contributed by atoms with Crippen molar-refractivity contribution in [2.45, 2.75) is 12.5 Å². The van der Waals surface area contributed by atoms with Gasteiger partial charge in [0.2, 0.25) is 5.91 Å². The maximum absolute atomic E-state index is 12.4. The van der Waals surface area contributed by atoms with Crippen molar-refractivity contribution >= 4 is 5.91 Å². The average Bonchev–Trinajstić information content (AvgIpc) is 3.00. The van der Waals surface area contributed by atoms with Crippen LogP contribution in [-0.2, 0) is 11.8 Å². The zero-order valence-corrected chi connectivity index (χ0v) is 15.2. The van der Waals surface area contributed by atoms with Crippen LogP contribution in [0.1, 0.15) is 18.3 Å². The van der Waals surface area contributed by atoms with Crippen LogP contribution in [0.5, 0.6) is 0 Å². The van der Waals surface area contributed by atoms with E-state index in [-0.39, 0.29) is 0 Å². The molecule has 2 aliphatic rings. The molecule has 1 aromatic rings. The summed E-state index contributed by atoms with van der Waals surface area (Å²) in [6.07, 6.45) is 4.48. The van der Waals surface area contributed by atoms with Crippen LogP contribution in [0.25, 0.3) is 0 Å². The molecule has 1 aromatic heterocycles. The summed E-state index contributed by atoms with van der Waals surface area (Å²) in [5.74, 6) is 1.41. The summed E-state index contributed by atoms with van der Waals surface area (Å²) in [6, 6.07) is 0.303. The van der Waals surface area contributed by atoms with Gasteiger partial charge in [-0.15, -0.1) is 0 Å². The monoisotopic (exact) mass is 334 g/mol. The molecule has 0 bridgehead atoms. The summed E-state index contributed by atoms with van der Waals surface area (Å²) >= 11 is 0. The van der Waals surface area contributed by atoms with Gasteiger partial charge in [0.1, 0.15) is 5.82 Å². The first kappa shape index (κ1) is 17.4. The summed E-state index contributed by atoms with van der Waals surface area (Å²) in [4.78, 5) is 26.0. The highest BCUT2D eigenvalue weighted by Crippen LogP contribution is 2.22. The quantitative estimate of drug-likeness (QED) is 0.768. The third-order valence-electron chi connectivity index (χ3n) is 5.39. The molecule has 0 aliphatic carbocycles. The Morgan fingerprint density at radius 2 is 1.88 bits per heavy atom. The van der Waals surface area contributed by atoms with Crippen molar-refractivity contribution in [2.75, 3.05) is 66.5 Å². The lowest BCUT2D eigenvalue weighted by Crippen LogP contribution is -2.50. The number of hydrogen-bond donors (Lipinski definition) is 0. The standard InChI is InChI=1S/C17H30N6O/c1-19-8-12-23(13-9-19)16(24)4-6-22-11-10-20(2)15(14-22)17-18-5-7-21(17)3/h5,7,15H,4,6,8-14H2,1-3H3. The number of aromatic nitrogens is 2. The maximum atomic E-state index is 12.4. The Morgan fingerprint density at radius 1 is 1.12 bits per heavy atom. The van der Waals surface area contributed by atoms with E-state index in [0.717, 1.165) is 58.2 Å². The molecule has 0 saturated carbocycles. The van der Waals surface area contributed by atoms with Gasteiger partial charge in [0.05, 0.1) is 6.04 Å². The second-order valence-electron chi connectivity index (χ2n) is 7.13. The number of aryl methyl sites for hydroxylation is 1. The van der Waals surface area contributed by atoms with Gasteiger partial charge in [-0.2, -0.15) is 0 Å². The van der Waals surface area contributed by atoms with Crippen molar-refractivity contribution in [2.24, 2.45) is 7.05 Å². The maximum Gasteiger partial charge on any atom is 0.223 e. The van der Waals surface area contributed by atoms with Gasteiger partial charge in [0.25, 0.3) is 0 Å². The summed E-state index contributed by atoms with van der Waals surface area (Å²) in [5.41, 5.74) is 0. The average molecular weight is 334 g/mol. The summed E-state index contributed by atoms with van der Waals surface area (Å²) in [5, 5.41) is 0. The van der Waals surface area contributed by atoms with Crippen molar-refractivity contribution in [3.63, 3.8) is 0 Å². The van der Waals surface area contributed by atoms with Crippen LogP contribution >= 0.6 is 0 Å². The van der Waals surface area contributed by atoms with E-state index in [1.165, 1.54) is 0 Å². The number of hydrogen-bond acceptors (Lipinski definition) is 5. The van der Waals surface area contributed by atoms with E-state index in [9.17, 15) is 4.79 Å². The highest BCUT2D eigenvalue weighted by molar-refractivity contribution is 5.76. The smallest absolute Gasteiger partial charge is 0.223 e. The molecule has 7 heteroatoms. The summed E-state index contributed by atoms with van der Waals surface area (Å²) < 4.78 is 2.10. The fourth-order valence-corrected chi connectivity index (χ4v) is 3.58. The van der Waals surface area contributed by atoms with Crippen molar-refractivity contribution in [1.82, 2.24) is 29.2 Å². The number of piperazine rings is 2. The number of nitrogens with zero attached hydrogens (tertiary/aromatic N) is 6. The molecule has 24 heavy (non-hydrogen) atoms. The van der Waals surface area contributed by atoms with Gasteiger partial charge in [-0.05, 0) is 14.1 Å². The zero-order valence-electron chi connectivity index (χ0n) is 15.2. The Hall–Kier alpha value is -1.44. The minimum absolute atomic E-state index is 0.301. The highest BCUT2D eigenvalue weighted by Gasteiger charge is 2.29. The number of carbonyl (C=O) groups excluding carboxylic acids is 1. The van der Waals surface area contributed by atoms with Crippen LogP contribution < -0.4 is 0 Å². The Labute approximate surface area is 144 Å². The molecule has 2 fully saturated rings. The van der Waals surface area contributed by atoms with Crippen molar-refractivity contribution in [1.29, 1.82) is 0 Å². The SMILES string of the molecule is CN1CCN(C(=O)CCN2CCN(C)C(c3nccn3C)C2)CC1. The van der Waals surface area contributed by atoms with Gasteiger partial charge in [-0.1, -0.05) is 0 Å². The van der Waals surface area contributed by atoms with Crippen LogP contribution in [0.2, 0.25) is 0 Å². The van der Waals surface area contributed by atoms with E-state index in [1.807, 2.05) is 24.3 Å². The minimum Gasteiger partial charge on any atom is -0.340 e. The molecular weight excluding hydrogens is 304 g/mol. The van der Waals surface area contributed by atoms with E-state index in [1.54, 1.807) is 0 Å². The molecule has 2 saturated heterocycles. The highest BCUT2D eigenvalue weighted by atomic mass is 16.2. The van der Waals surface area contributed by atoms with E-state index in [4.69, 9.17) is 0 Å². The molecule has 2 aliphatic heterocycles. The first-order valence-corrected chi connectivity index (χ1v) is 8.90. The first-order valence-electron chi connectivity index (χ1n) is 8.90. The van der Waals surface area contributed by atoms with Gasteiger partial charge in [0, 0.05) is 78.2 Å². The number of amides is 1. The van der Waals surface area contributed by atoms with Gasteiger partial charge in [-0.3, -0.25) is 14.6 Å². The molecule has 1 amide bonds. The fraction of sp³-hybridized carbons (Fsp3) is 0.765. The second kappa shape index (κ2) is 7.63. The molecule has 0 aromatic carbocycles. The van der Waals surface area contributed by atoms with Gasteiger partial charge in [-0.25, -0.2) is 4.98 Å². The largest absolute Gasteiger partial charge is 0.340 e. The molecule has 7 nitrogen and oxygen atoms in total. The van der Waals surface area contributed by atoms with Gasteiger partial charge < -0.3 is 14.4 Å². The van der Waals surface area contributed by atoms with Gasteiger partial charge >= 0.3 is 0 Å². The predicted molar refractivity (Wildman–Crippen MR) is 93.7 cm³/mol. The molecule has 1 atom stereocenters. The van der Waals surface area contributed by atoms with Crippen molar-refractivity contribution in [3.05, 3.63) is 18.2 Å². The lowest BCUT2D eigenvalue weighted by Gasteiger charge is -2.39. The molecule has 134 valence electrons. The third kappa shape index (κ3) is 3.96. The van der Waals surface area contributed by atoms with E-state index < -0.39 is 0 Å². The lowest BCUT2D eigenvalue weighted by atomic mass is 10.1. The lowest BCUT2D eigenvalue weighted by molar-refractivity contribution is -0.133.